The van der Waals surface area contributed by atoms with Crippen LogP contribution in [0.25, 0.3) is 0 Å². The van der Waals surface area contributed by atoms with Gasteiger partial charge in [0, 0.05) is 11.9 Å². The molecule has 0 aliphatic heterocycles. The van der Waals surface area contributed by atoms with Gasteiger partial charge in [0.1, 0.15) is 5.69 Å². The van der Waals surface area contributed by atoms with Gasteiger partial charge in [0.15, 0.2) is 0 Å². The monoisotopic (exact) mass is 185 g/mol. The van der Waals surface area contributed by atoms with Gasteiger partial charge in [-0.25, -0.2) is 4.98 Å². The molecule has 1 aromatic rings. The molecular formula is C7H11N3OS. The van der Waals surface area contributed by atoms with Crippen LogP contribution in [0.1, 0.15) is 16.9 Å². The second kappa shape index (κ2) is 4.84. The Morgan fingerprint density at radius 3 is 3.17 bits per heavy atom. The zero-order chi connectivity index (χ0) is 8.81. The molecule has 0 unspecified atom stereocenters. The second-order valence-electron chi connectivity index (χ2n) is 2.27. The van der Waals surface area contributed by atoms with Crippen LogP contribution in [0.2, 0.25) is 0 Å². The summed E-state index contributed by atoms with van der Waals surface area (Å²) in [6.45, 7) is 1.21. The Morgan fingerprint density at radius 2 is 2.58 bits per heavy atom. The van der Waals surface area contributed by atoms with E-state index < -0.39 is 0 Å². The molecule has 66 valence electrons. The minimum Gasteiger partial charge on any atom is -0.351 e. The first-order valence-corrected chi connectivity index (χ1v) is 4.65. The summed E-state index contributed by atoms with van der Waals surface area (Å²) in [7, 11) is 0. The maximum atomic E-state index is 11.2. The van der Waals surface area contributed by atoms with E-state index in [2.05, 4.69) is 10.3 Å². The maximum Gasteiger partial charge on any atom is 0.270 e. The Bertz CT molecular complexity index is 235. The van der Waals surface area contributed by atoms with Crippen LogP contribution in [0.15, 0.2) is 10.9 Å². The predicted octanol–water partition coefficient (Wildman–Crippen LogP) is 0.222. The summed E-state index contributed by atoms with van der Waals surface area (Å²) in [5.41, 5.74) is 7.39. The van der Waals surface area contributed by atoms with Crippen LogP contribution in [-0.4, -0.2) is 24.0 Å². The van der Waals surface area contributed by atoms with Gasteiger partial charge in [-0.3, -0.25) is 4.79 Å². The van der Waals surface area contributed by atoms with Gasteiger partial charge >= 0.3 is 0 Å². The third-order valence-corrected chi connectivity index (χ3v) is 1.92. The number of aromatic nitrogens is 1. The standard InChI is InChI=1S/C7H11N3OS/c8-2-1-3-9-7(11)6-4-12-5-10-6/h4-5H,1-3,8H2,(H,9,11). The number of amides is 1. The summed E-state index contributed by atoms with van der Waals surface area (Å²) in [6, 6.07) is 0. The Balaban J connectivity index is 2.30. The smallest absolute Gasteiger partial charge is 0.270 e. The third kappa shape index (κ3) is 2.60. The number of nitrogens with zero attached hydrogens (tertiary/aromatic N) is 1. The van der Waals surface area contributed by atoms with Crippen molar-refractivity contribution in [3.8, 4) is 0 Å². The van der Waals surface area contributed by atoms with E-state index >= 15 is 0 Å². The third-order valence-electron chi connectivity index (χ3n) is 1.33. The van der Waals surface area contributed by atoms with Gasteiger partial charge in [0.05, 0.1) is 5.51 Å². The van der Waals surface area contributed by atoms with Crippen LogP contribution in [0, 0.1) is 0 Å². The highest BCUT2D eigenvalue weighted by Crippen LogP contribution is 1.99. The molecule has 0 spiro atoms. The normalized spacial score (nSPS) is 9.75. The Labute approximate surface area is 74.8 Å². The van der Waals surface area contributed by atoms with E-state index in [0.717, 1.165) is 6.42 Å². The fourth-order valence-electron chi connectivity index (χ4n) is 0.719. The highest BCUT2D eigenvalue weighted by atomic mass is 32.1. The van der Waals surface area contributed by atoms with E-state index in [0.29, 0.717) is 18.8 Å². The van der Waals surface area contributed by atoms with Crippen molar-refractivity contribution in [3.05, 3.63) is 16.6 Å². The number of nitrogens with two attached hydrogens (primary N) is 1. The number of rotatable bonds is 4. The lowest BCUT2D eigenvalue weighted by Gasteiger charge is -1.99. The number of carbonyl (C=O) groups is 1. The van der Waals surface area contributed by atoms with Crippen LogP contribution in [0.5, 0.6) is 0 Å². The lowest BCUT2D eigenvalue weighted by atomic mass is 10.4. The molecule has 3 N–H and O–H groups in total. The number of hydrogen-bond donors (Lipinski definition) is 2. The van der Waals surface area contributed by atoms with E-state index in [9.17, 15) is 4.79 Å². The molecule has 0 fully saturated rings. The molecule has 0 aliphatic rings. The van der Waals surface area contributed by atoms with Crippen LogP contribution in [0.3, 0.4) is 0 Å². The average Bonchev–Trinajstić information content (AvgIpc) is 2.56. The Kier molecular flexibility index (Phi) is 3.69. The van der Waals surface area contributed by atoms with Crippen molar-refractivity contribution in [3.63, 3.8) is 0 Å². The van der Waals surface area contributed by atoms with E-state index in [1.807, 2.05) is 0 Å². The first-order chi connectivity index (χ1) is 5.84. The molecule has 0 saturated heterocycles. The molecule has 0 atom stereocenters. The first kappa shape index (κ1) is 9.15. The summed E-state index contributed by atoms with van der Waals surface area (Å²) < 4.78 is 0. The van der Waals surface area contributed by atoms with E-state index in [4.69, 9.17) is 5.73 Å². The van der Waals surface area contributed by atoms with Crippen LogP contribution >= 0.6 is 11.3 Å². The molecule has 0 aromatic carbocycles. The van der Waals surface area contributed by atoms with Gasteiger partial charge in [-0.1, -0.05) is 0 Å². The Hall–Kier alpha value is -0.940. The van der Waals surface area contributed by atoms with Crippen LogP contribution < -0.4 is 11.1 Å². The minimum atomic E-state index is -0.121. The second-order valence-corrected chi connectivity index (χ2v) is 2.99. The van der Waals surface area contributed by atoms with Crippen molar-refractivity contribution in [2.75, 3.05) is 13.1 Å². The van der Waals surface area contributed by atoms with E-state index in [1.54, 1.807) is 10.9 Å². The number of nitrogens with one attached hydrogen (secondary N) is 1. The molecule has 0 saturated carbocycles. The summed E-state index contributed by atoms with van der Waals surface area (Å²) in [6.07, 6.45) is 0.801. The highest BCUT2D eigenvalue weighted by molar-refractivity contribution is 7.07. The SMILES string of the molecule is NCCCNC(=O)c1cscn1. The quantitative estimate of drug-likeness (QED) is 0.659. The van der Waals surface area contributed by atoms with Gasteiger partial charge < -0.3 is 11.1 Å². The minimum absolute atomic E-state index is 0.121. The number of hydrogen-bond acceptors (Lipinski definition) is 4. The molecule has 1 aromatic heterocycles. The average molecular weight is 185 g/mol. The van der Waals surface area contributed by atoms with Gasteiger partial charge in [-0.05, 0) is 13.0 Å². The molecule has 0 bridgehead atoms. The van der Waals surface area contributed by atoms with Crippen molar-refractivity contribution in [1.82, 2.24) is 10.3 Å². The van der Waals surface area contributed by atoms with Crippen molar-refractivity contribution in [2.24, 2.45) is 5.73 Å². The molecule has 1 heterocycles. The molecule has 12 heavy (non-hydrogen) atoms. The molecule has 0 radical (unpaired) electrons. The fourth-order valence-corrected chi connectivity index (χ4v) is 1.25. The molecule has 1 rings (SSSR count). The van der Waals surface area contributed by atoms with Crippen LogP contribution in [-0.2, 0) is 0 Å². The first-order valence-electron chi connectivity index (χ1n) is 3.71. The summed E-state index contributed by atoms with van der Waals surface area (Å²) in [5, 5.41) is 4.43. The zero-order valence-corrected chi connectivity index (χ0v) is 7.43. The lowest BCUT2D eigenvalue weighted by Crippen LogP contribution is -2.26. The summed E-state index contributed by atoms with van der Waals surface area (Å²) >= 11 is 1.41. The summed E-state index contributed by atoms with van der Waals surface area (Å²) in [4.78, 5) is 15.0. The van der Waals surface area contributed by atoms with Gasteiger partial charge in [-0.2, -0.15) is 0 Å². The van der Waals surface area contributed by atoms with Gasteiger partial charge in [0.25, 0.3) is 5.91 Å². The molecule has 0 aliphatic carbocycles. The van der Waals surface area contributed by atoms with Crippen molar-refractivity contribution < 1.29 is 4.79 Å². The fraction of sp³-hybridized carbons (Fsp3) is 0.429. The van der Waals surface area contributed by atoms with Crippen LogP contribution in [0.4, 0.5) is 0 Å². The van der Waals surface area contributed by atoms with Crippen molar-refractivity contribution >= 4 is 17.2 Å². The van der Waals surface area contributed by atoms with Gasteiger partial charge in [0.2, 0.25) is 0 Å². The van der Waals surface area contributed by atoms with Gasteiger partial charge in [-0.15, -0.1) is 11.3 Å². The number of thiazole rings is 1. The molecule has 4 nitrogen and oxygen atoms in total. The molecular weight excluding hydrogens is 174 g/mol. The lowest BCUT2D eigenvalue weighted by molar-refractivity contribution is 0.0949. The largest absolute Gasteiger partial charge is 0.351 e. The van der Waals surface area contributed by atoms with E-state index in [1.165, 1.54) is 11.3 Å². The predicted molar refractivity (Wildman–Crippen MR) is 48.1 cm³/mol. The van der Waals surface area contributed by atoms with Crippen molar-refractivity contribution in [2.45, 2.75) is 6.42 Å². The zero-order valence-electron chi connectivity index (χ0n) is 6.62. The topological polar surface area (TPSA) is 68.0 Å². The molecule has 1 amide bonds. The molecule has 5 heteroatoms. The number of carbonyl (C=O) groups excluding carboxylic acids is 1. The highest BCUT2D eigenvalue weighted by Gasteiger charge is 2.04. The van der Waals surface area contributed by atoms with E-state index in [-0.39, 0.29) is 5.91 Å². The van der Waals surface area contributed by atoms with Crippen molar-refractivity contribution in [1.29, 1.82) is 0 Å². The maximum absolute atomic E-state index is 11.2. The summed E-state index contributed by atoms with van der Waals surface area (Å²) in [5.74, 6) is -0.121. The Morgan fingerprint density at radius 1 is 1.75 bits per heavy atom.